The number of hydrogen-bond donors (Lipinski definition) is 5. The quantitative estimate of drug-likeness (QED) is 0.0255. The number of nitrogens with one attached hydrogen (secondary N) is 3. The first-order chi connectivity index (χ1) is 27.2. The molecule has 3 amide bonds. The van der Waals surface area contributed by atoms with Crippen LogP contribution < -0.4 is 21.8 Å². The third-order valence-corrected chi connectivity index (χ3v) is 12.0. The van der Waals surface area contributed by atoms with Gasteiger partial charge in [0.15, 0.2) is 17.5 Å². The van der Waals surface area contributed by atoms with Gasteiger partial charge in [-0.3, -0.25) is 19.3 Å². The van der Waals surface area contributed by atoms with Gasteiger partial charge in [-0.25, -0.2) is 9.78 Å². The van der Waals surface area contributed by atoms with Gasteiger partial charge in [0, 0.05) is 23.9 Å². The summed E-state index contributed by atoms with van der Waals surface area (Å²) in [4.78, 5) is 64.1. The molecule has 20 heteroatoms. The van der Waals surface area contributed by atoms with Crippen LogP contribution in [0.2, 0.25) is 0 Å². The number of β-lactam (4-membered cyclic amide) rings is 1. The van der Waals surface area contributed by atoms with Crippen molar-refractivity contribution in [2.45, 2.75) is 22.1 Å². The van der Waals surface area contributed by atoms with Gasteiger partial charge in [-0.1, -0.05) is 113 Å². The van der Waals surface area contributed by atoms with E-state index in [2.05, 4.69) is 36.6 Å². The Morgan fingerprint density at radius 3 is 2.20 bits per heavy atom. The summed E-state index contributed by atoms with van der Waals surface area (Å²) in [6.45, 7) is -0.486. The van der Waals surface area contributed by atoms with Gasteiger partial charge >= 0.3 is 5.97 Å². The topological polar surface area (TPSA) is 232 Å². The van der Waals surface area contributed by atoms with Crippen molar-refractivity contribution in [1.29, 1.82) is 0 Å². The van der Waals surface area contributed by atoms with Crippen LogP contribution in [0.15, 0.2) is 118 Å². The van der Waals surface area contributed by atoms with Crippen molar-refractivity contribution in [1.82, 2.24) is 40.8 Å². The van der Waals surface area contributed by atoms with Crippen LogP contribution >= 0.6 is 34.9 Å². The van der Waals surface area contributed by atoms with Gasteiger partial charge in [0.05, 0.1) is 0 Å². The number of nitrogen functional groups attached to an aromatic ring is 1. The molecule has 56 heavy (non-hydrogen) atoms. The van der Waals surface area contributed by atoms with Gasteiger partial charge in [0.2, 0.25) is 5.16 Å². The highest BCUT2D eigenvalue weighted by molar-refractivity contribution is 8.01. The monoisotopic (exact) mass is 811 g/mol. The molecule has 0 unspecified atom stereocenters. The summed E-state index contributed by atoms with van der Waals surface area (Å²) in [6.07, 6.45) is 0. The van der Waals surface area contributed by atoms with Gasteiger partial charge < -0.3 is 31.7 Å². The predicted octanol–water partition coefficient (Wildman–Crippen LogP) is 2.25. The number of carboxylic acid groups (broad SMARTS) is 1. The number of thiazole rings is 1. The molecule has 4 heterocycles. The van der Waals surface area contributed by atoms with Crippen molar-refractivity contribution < 1.29 is 29.1 Å². The lowest BCUT2D eigenvalue weighted by Gasteiger charge is -2.49. The highest BCUT2D eigenvalue weighted by Gasteiger charge is 2.54. The summed E-state index contributed by atoms with van der Waals surface area (Å²) in [5.41, 5.74) is 2.00. The molecule has 0 aliphatic carbocycles. The van der Waals surface area contributed by atoms with Crippen LogP contribution in [-0.2, 0) is 29.6 Å². The van der Waals surface area contributed by atoms with Crippen LogP contribution in [0.3, 0.4) is 0 Å². The highest BCUT2D eigenvalue weighted by atomic mass is 32.2. The number of carbonyl (C=O) groups excluding carboxylic acids is 3. The molecule has 17 nitrogen and oxygen atoms in total. The Balaban J connectivity index is 1.17. The summed E-state index contributed by atoms with van der Waals surface area (Å²) in [7, 11) is 1.43. The average Bonchev–Trinajstić information content (AvgIpc) is 3.88. The number of oxime groups is 1. The van der Waals surface area contributed by atoms with Crippen molar-refractivity contribution in [3.8, 4) is 0 Å². The Morgan fingerprint density at radius 2 is 1.64 bits per heavy atom. The minimum atomic E-state index is -1.29. The third kappa shape index (κ3) is 7.53. The van der Waals surface area contributed by atoms with Crippen LogP contribution in [0.4, 0.5) is 5.13 Å². The van der Waals surface area contributed by atoms with E-state index in [1.54, 1.807) is 5.38 Å². The SMILES string of the molecule is CNC(=O)CO/N=C(/C(=O)N[C@@H]1C(=O)N2C(C(=O)O)=C(CSc3nnnn3N)CS[C@H]12)c1csc(NC(c2ccccc2)(c2ccccc2)c2ccccc2)n1. The minimum Gasteiger partial charge on any atom is -0.477 e. The number of nitrogens with zero attached hydrogens (tertiary/aromatic N) is 7. The number of amides is 3. The Kier molecular flexibility index (Phi) is 11.3. The van der Waals surface area contributed by atoms with Crippen molar-refractivity contribution in [3.63, 3.8) is 0 Å². The number of thioether (sulfide) groups is 2. The number of likely N-dealkylation sites (N-methyl/N-ethyl adjacent to an activating group) is 1. The first kappa shape index (κ1) is 38.0. The fourth-order valence-electron chi connectivity index (χ4n) is 6.25. The first-order valence-electron chi connectivity index (χ1n) is 16.9. The first-order valence-corrected chi connectivity index (χ1v) is 19.8. The van der Waals surface area contributed by atoms with Crippen LogP contribution in [-0.4, -0.2) is 101 Å². The number of rotatable bonds is 15. The molecule has 0 spiro atoms. The van der Waals surface area contributed by atoms with Crippen LogP contribution in [0, 0.1) is 0 Å². The molecule has 1 fully saturated rings. The Labute approximate surface area is 331 Å². The average molecular weight is 812 g/mol. The molecule has 286 valence electrons. The number of tetrazole rings is 1. The molecule has 6 N–H and O–H groups in total. The van der Waals surface area contributed by atoms with Gasteiger partial charge in [-0.2, -0.15) is 0 Å². The van der Waals surface area contributed by atoms with E-state index in [1.165, 1.54) is 30.1 Å². The van der Waals surface area contributed by atoms with E-state index < -0.39 is 47.3 Å². The van der Waals surface area contributed by atoms with Crippen LogP contribution in [0.25, 0.3) is 0 Å². The number of aromatic nitrogens is 5. The number of anilines is 1. The number of nitrogens with two attached hydrogens (primary N) is 1. The van der Waals surface area contributed by atoms with Crippen molar-refractivity contribution >= 4 is 69.4 Å². The van der Waals surface area contributed by atoms with Crippen molar-refractivity contribution in [2.24, 2.45) is 5.16 Å². The van der Waals surface area contributed by atoms with Crippen molar-refractivity contribution in [2.75, 3.05) is 36.3 Å². The van der Waals surface area contributed by atoms with Gasteiger partial charge in [-0.05, 0) is 32.7 Å². The van der Waals surface area contributed by atoms with E-state index >= 15 is 0 Å². The van der Waals surface area contributed by atoms with Gasteiger partial charge in [0.1, 0.15) is 28.3 Å². The third-order valence-electron chi connectivity index (χ3n) is 8.88. The zero-order valence-corrected chi connectivity index (χ0v) is 31.9. The molecule has 2 atom stereocenters. The Morgan fingerprint density at radius 1 is 1.02 bits per heavy atom. The summed E-state index contributed by atoms with van der Waals surface area (Å²) in [5, 5.41) is 35.4. The van der Waals surface area contributed by atoms with Gasteiger partial charge in [-0.15, -0.1) is 27.9 Å². The molecule has 1 saturated heterocycles. The number of hydrogen-bond acceptors (Lipinski definition) is 15. The molecule has 0 radical (unpaired) electrons. The zero-order chi connectivity index (χ0) is 39.2. The predicted molar refractivity (Wildman–Crippen MR) is 210 cm³/mol. The second-order valence-corrected chi connectivity index (χ2v) is 15.1. The molecule has 5 aromatic rings. The van der Waals surface area contributed by atoms with Crippen LogP contribution in [0.5, 0.6) is 0 Å². The second-order valence-electron chi connectivity index (χ2n) is 12.2. The molecule has 2 aliphatic heterocycles. The summed E-state index contributed by atoms with van der Waals surface area (Å²) in [5.74, 6) is 2.90. The number of carbonyl (C=O) groups is 4. The number of carboxylic acids is 1. The molecule has 0 bridgehead atoms. The fraction of sp³-hybridized carbons (Fsp3) is 0.194. The lowest BCUT2D eigenvalue weighted by molar-refractivity contribution is -0.150. The molecular formula is C36H33N11O6S3. The fourth-order valence-corrected chi connectivity index (χ4v) is 9.28. The van der Waals surface area contributed by atoms with E-state index in [4.69, 9.17) is 15.7 Å². The largest absolute Gasteiger partial charge is 0.477 e. The maximum absolute atomic E-state index is 14.0. The van der Waals surface area contributed by atoms with E-state index in [9.17, 15) is 24.3 Å². The molecular weight excluding hydrogens is 779 g/mol. The normalized spacial score (nSPS) is 16.8. The summed E-state index contributed by atoms with van der Waals surface area (Å²) < 4.78 is 0. The lowest BCUT2D eigenvalue weighted by Crippen LogP contribution is -2.71. The van der Waals surface area contributed by atoms with E-state index in [-0.39, 0.29) is 33.8 Å². The summed E-state index contributed by atoms with van der Waals surface area (Å²) in [6, 6.07) is 28.6. The lowest BCUT2D eigenvalue weighted by atomic mass is 9.77. The van der Waals surface area contributed by atoms with E-state index in [1.807, 2.05) is 91.0 Å². The van der Waals surface area contributed by atoms with E-state index in [0.29, 0.717) is 10.7 Å². The molecule has 3 aromatic carbocycles. The van der Waals surface area contributed by atoms with E-state index in [0.717, 1.165) is 38.1 Å². The van der Waals surface area contributed by atoms with Crippen molar-refractivity contribution in [3.05, 3.63) is 130 Å². The number of fused-ring (bicyclic) bond motifs is 1. The second kappa shape index (κ2) is 16.6. The molecule has 2 aliphatic rings. The smallest absolute Gasteiger partial charge is 0.352 e. The maximum Gasteiger partial charge on any atom is 0.352 e. The molecule has 7 rings (SSSR count). The number of aliphatic carboxylic acids is 1. The molecule has 2 aromatic heterocycles. The van der Waals surface area contributed by atoms with Gasteiger partial charge in [0.25, 0.3) is 17.7 Å². The minimum absolute atomic E-state index is 0.114. The highest BCUT2D eigenvalue weighted by Crippen LogP contribution is 2.42. The number of benzene rings is 3. The standard InChI is InChI=1S/C36H33N11O6S3/c1-38-26(48)17-53-43-27(30(49)40-28-31(50)46-29(33(51)52)21(18-54-32(28)46)19-56-35-42-44-45-47(35)37)25-20-55-34(39-25)41-36(22-11-5-2-6-12-22,23-13-7-3-8-14-23)24-15-9-4-10-16-24/h2-16,20,28,32H,17-19,37H2,1H3,(H,38,48)(H,39,41)(H,40,49)(H,51,52)/b43-27+/t28-,32-/m1/s1. The molecule has 0 saturated carbocycles. The maximum atomic E-state index is 14.0. The Hall–Kier alpha value is -6.25. The zero-order valence-electron chi connectivity index (χ0n) is 29.4. The summed E-state index contributed by atoms with van der Waals surface area (Å²) >= 11 is 3.64. The van der Waals surface area contributed by atoms with Crippen LogP contribution in [0.1, 0.15) is 22.4 Å². The Bertz CT molecular complexity index is 2210.